The normalized spacial score (nSPS) is 15.7. The first-order chi connectivity index (χ1) is 4.22. The molecular weight excluding hydrogens is 142 g/mol. The zero-order valence-corrected chi connectivity index (χ0v) is 6.22. The Kier molecular flexibility index (Phi) is 4.44. The fourth-order valence-electron chi connectivity index (χ4n) is 0.417. The van der Waals surface area contributed by atoms with Crippen LogP contribution in [0.1, 0.15) is 6.92 Å². The van der Waals surface area contributed by atoms with Gasteiger partial charge in [0.05, 0.1) is 6.61 Å². The SMILES string of the molecule is COCC(C)/C(Cl)=N/O. The Balaban J connectivity index is 3.59. The summed E-state index contributed by atoms with van der Waals surface area (Å²) in [4.78, 5) is 0. The van der Waals surface area contributed by atoms with Crippen LogP contribution in [0.15, 0.2) is 5.16 Å². The van der Waals surface area contributed by atoms with Gasteiger partial charge in [-0.2, -0.15) is 0 Å². The fraction of sp³-hybridized carbons (Fsp3) is 0.800. The molecule has 0 bridgehead atoms. The van der Waals surface area contributed by atoms with Gasteiger partial charge in [0.25, 0.3) is 0 Å². The summed E-state index contributed by atoms with van der Waals surface area (Å²) in [7, 11) is 1.57. The average molecular weight is 152 g/mol. The summed E-state index contributed by atoms with van der Waals surface area (Å²) in [6, 6.07) is 0. The lowest BCUT2D eigenvalue weighted by Crippen LogP contribution is -2.10. The van der Waals surface area contributed by atoms with E-state index in [-0.39, 0.29) is 11.1 Å². The first-order valence-electron chi connectivity index (χ1n) is 2.58. The van der Waals surface area contributed by atoms with Crippen molar-refractivity contribution >= 4 is 16.8 Å². The molecule has 1 unspecified atom stereocenters. The van der Waals surface area contributed by atoms with E-state index in [1.807, 2.05) is 6.92 Å². The van der Waals surface area contributed by atoms with Crippen molar-refractivity contribution in [3.63, 3.8) is 0 Å². The van der Waals surface area contributed by atoms with Crippen molar-refractivity contribution in [1.29, 1.82) is 0 Å². The van der Waals surface area contributed by atoms with Gasteiger partial charge in [0, 0.05) is 13.0 Å². The van der Waals surface area contributed by atoms with Gasteiger partial charge in [-0.3, -0.25) is 0 Å². The lowest BCUT2D eigenvalue weighted by Gasteiger charge is -2.04. The molecule has 0 aromatic carbocycles. The first-order valence-corrected chi connectivity index (χ1v) is 2.96. The number of oxime groups is 1. The lowest BCUT2D eigenvalue weighted by atomic mass is 10.2. The molecule has 0 aromatic rings. The number of ether oxygens (including phenoxy) is 1. The maximum Gasteiger partial charge on any atom is 0.150 e. The molecule has 0 aromatic heterocycles. The Morgan fingerprint density at radius 1 is 1.89 bits per heavy atom. The minimum absolute atomic E-state index is 0.0262. The molecule has 0 aliphatic heterocycles. The zero-order valence-electron chi connectivity index (χ0n) is 5.47. The number of methoxy groups -OCH3 is 1. The summed E-state index contributed by atoms with van der Waals surface area (Å²) < 4.78 is 4.75. The van der Waals surface area contributed by atoms with Crippen LogP contribution in [0.2, 0.25) is 0 Å². The molecule has 0 rings (SSSR count). The van der Waals surface area contributed by atoms with Gasteiger partial charge in [-0.15, -0.1) is 0 Å². The molecular formula is C5H10ClNO2. The van der Waals surface area contributed by atoms with Gasteiger partial charge in [-0.05, 0) is 0 Å². The van der Waals surface area contributed by atoms with Gasteiger partial charge in [0.1, 0.15) is 5.17 Å². The van der Waals surface area contributed by atoms with Crippen molar-refractivity contribution < 1.29 is 9.94 Å². The van der Waals surface area contributed by atoms with Crippen LogP contribution in [-0.4, -0.2) is 24.1 Å². The van der Waals surface area contributed by atoms with E-state index >= 15 is 0 Å². The fourth-order valence-corrected chi connectivity index (χ4v) is 0.480. The Bertz CT molecular complexity index is 105. The van der Waals surface area contributed by atoms with Crippen LogP contribution < -0.4 is 0 Å². The molecule has 3 nitrogen and oxygen atoms in total. The monoisotopic (exact) mass is 151 g/mol. The van der Waals surface area contributed by atoms with Gasteiger partial charge in [0.15, 0.2) is 0 Å². The van der Waals surface area contributed by atoms with Crippen molar-refractivity contribution in [2.45, 2.75) is 6.92 Å². The Morgan fingerprint density at radius 2 is 2.44 bits per heavy atom. The highest BCUT2D eigenvalue weighted by molar-refractivity contribution is 6.65. The highest BCUT2D eigenvalue weighted by Gasteiger charge is 2.06. The first kappa shape index (κ1) is 8.72. The second-order valence-electron chi connectivity index (χ2n) is 1.78. The lowest BCUT2D eigenvalue weighted by molar-refractivity contribution is 0.180. The van der Waals surface area contributed by atoms with Gasteiger partial charge in [-0.1, -0.05) is 23.7 Å². The van der Waals surface area contributed by atoms with Gasteiger partial charge in [-0.25, -0.2) is 0 Å². The molecule has 0 aliphatic rings. The third kappa shape index (κ3) is 3.32. The molecule has 9 heavy (non-hydrogen) atoms. The number of hydrogen-bond donors (Lipinski definition) is 1. The molecule has 0 spiro atoms. The summed E-state index contributed by atoms with van der Waals surface area (Å²) in [5, 5.41) is 11.1. The van der Waals surface area contributed by atoms with E-state index in [9.17, 15) is 0 Å². The van der Waals surface area contributed by atoms with Gasteiger partial charge < -0.3 is 9.94 Å². The number of hydrogen-bond acceptors (Lipinski definition) is 3. The highest BCUT2D eigenvalue weighted by Crippen LogP contribution is 2.02. The standard InChI is InChI=1S/C5H10ClNO2/c1-4(3-9-2)5(6)7-8/h4,8H,3H2,1-2H3/b7-5-. The van der Waals surface area contributed by atoms with E-state index in [0.717, 1.165) is 0 Å². The van der Waals surface area contributed by atoms with Crippen molar-refractivity contribution in [3.8, 4) is 0 Å². The smallest absolute Gasteiger partial charge is 0.150 e. The summed E-state index contributed by atoms with van der Waals surface area (Å²) in [6.45, 7) is 2.29. The molecule has 1 N–H and O–H groups in total. The van der Waals surface area contributed by atoms with Crippen molar-refractivity contribution in [3.05, 3.63) is 0 Å². The summed E-state index contributed by atoms with van der Waals surface area (Å²) in [5.41, 5.74) is 0. The predicted molar refractivity (Wildman–Crippen MR) is 36.1 cm³/mol. The van der Waals surface area contributed by atoms with Crippen LogP contribution in [0.5, 0.6) is 0 Å². The number of halogens is 1. The third-order valence-corrected chi connectivity index (χ3v) is 1.37. The van der Waals surface area contributed by atoms with Crippen LogP contribution in [-0.2, 0) is 4.74 Å². The summed E-state index contributed by atoms with van der Waals surface area (Å²) >= 11 is 5.41. The summed E-state index contributed by atoms with van der Waals surface area (Å²) in [6.07, 6.45) is 0. The predicted octanol–water partition coefficient (Wildman–Crippen LogP) is 1.30. The summed E-state index contributed by atoms with van der Waals surface area (Å²) in [5.74, 6) is -0.0262. The molecule has 0 heterocycles. The maximum absolute atomic E-state index is 8.13. The van der Waals surface area contributed by atoms with E-state index < -0.39 is 0 Å². The van der Waals surface area contributed by atoms with E-state index in [1.165, 1.54) is 0 Å². The Morgan fingerprint density at radius 3 is 2.78 bits per heavy atom. The number of nitrogens with zero attached hydrogens (tertiary/aromatic N) is 1. The van der Waals surface area contributed by atoms with Gasteiger partial charge >= 0.3 is 0 Å². The molecule has 0 aliphatic carbocycles. The molecule has 0 radical (unpaired) electrons. The average Bonchev–Trinajstić information content (AvgIpc) is 1.87. The van der Waals surface area contributed by atoms with Crippen LogP contribution >= 0.6 is 11.6 Å². The van der Waals surface area contributed by atoms with E-state index in [1.54, 1.807) is 7.11 Å². The second-order valence-corrected chi connectivity index (χ2v) is 2.17. The second kappa shape index (κ2) is 4.58. The third-order valence-electron chi connectivity index (χ3n) is 0.919. The zero-order chi connectivity index (χ0) is 7.28. The van der Waals surface area contributed by atoms with Crippen LogP contribution in [0.4, 0.5) is 0 Å². The van der Waals surface area contributed by atoms with E-state index in [0.29, 0.717) is 6.61 Å². The van der Waals surface area contributed by atoms with Crippen LogP contribution in [0, 0.1) is 5.92 Å². The topological polar surface area (TPSA) is 41.8 Å². The highest BCUT2D eigenvalue weighted by atomic mass is 35.5. The minimum atomic E-state index is -0.0262. The number of rotatable bonds is 3. The molecule has 0 saturated heterocycles. The van der Waals surface area contributed by atoms with Gasteiger partial charge in [0.2, 0.25) is 0 Å². The molecule has 1 atom stereocenters. The molecule has 0 amide bonds. The van der Waals surface area contributed by atoms with Crippen molar-refractivity contribution in [1.82, 2.24) is 0 Å². The van der Waals surface area contributed by atoms with Crippen molar-refractivity contribution in [2.24, 2.45) is 11.1 Å². The Hall–Kier alpha value is -0.280. The largest absolute Gasteiger partial charge is 0.410 e. The van der Waals surface area contributed by atoms with E-state index in [2.05, 4.69) is 5.16 Å². The quantitative estimate of drug-likeness (QED) is 0.375. The minimum Gasteiger partial charge on any atom is -0.410 e. The van der Waals surface area contributed by atoms with Crippen LogP contribution in [0.25, 0.3) is 0 Å². The Labute approximate surface area is 59.3 Å². The van der Waals surface area contributed by atoms with Crippen LogP contribution in [0.3, 0.4) is 0 Å². The van der Waals surface area contributed by atoms with Crippen molar-refractivity contribution in [2.75, 3.05) is 13.7 Å². The molecule has 0 fully saturated rings. The molecule has 4 heteroatoms. The molecule has 0 saturated carbocycles. The molecule has 54 valence electrons. The maximum atomic E-state index is 8.13. The van der Waals surface area contributed by atoms with E-state index in [4.69, 9.17) is 21.5 Å².